The van der Waals surface area contributed by atoms with E-state index in [1.807, 2.05) is 60.7 Å². The molecule has 0 unspecified atom stereocenters. The molecular weight excluding hydrogens is 292 g/mol. The van der Waals surface area contributed by atoms with Gasteiger partial charge in [0.05, 0.1) is 26.4 Å². The number of ether oxygens (including phenoxy) is 3. The van der Waals surface area contributed by atoms with Gasteiger partial charge in [-0.1, -0.05) is 60.7 Å². The molecule has 2 aromatic rings. The topological polar surface area (TPSA) is 47.9 Å². The lowest BCUT2D eigenvalue weighted by atomic mass is 10.1. The molecule has 1 N–H and O–H groups in total. The van der Waals surface area contributed by atoms with Gasteiger partial charge in [0.15, 0.2) is 0 Å². The fourth-order valence-electron chi connectivity index (χ4n) is 2.71. The van der Waals surface area contributed by atoms with Crippen molar-refractivity contribution in [2.45, 2.75) is 31.5 Å². The van der Waals surface area contributed by atoms with Gasteiger partial charge in [0.2, 0.25) is 0 Å². The molecule has 1 aliphatic rings. The Hall–Kier alpha value is -1.72. The summed E-state index contributed by atoms with van der Waals surface area (Å²) < 4.78 is 17.5. The molecule has 0 amide bonds. The van der Waals surface area contributed by atoms with Crippen molar-refractivity contribution in [2.24, 2.45) is 0 Å². The quantitative estimate of drug-likeness (QED) is 0.853. The van der Waals surface area contributed by atoms with Gasteiger partial charge in [-0.15, -0.1) is 0 Å². The lowest BCUT2D eigenvalue weighted by Gasteiger charge is -2.22. The largest absolute Gasteiger partial charge is 0.394 e. The number of aliphatic hydroxyl groups is 1. The van der Waals surface area contributed by atoms with Crippen LogP contribution in [-0.4, -0.2) is 36.6 Å². The molecule has 1 fully saturated rings. The van der Waals surface area contributed by atoms with Gasteiger partial charge in [-0.3, -0.25) is 0 Å². The smallest absolute Gasteiger partial charge is 0.115 e. The van der Waals surface area contributed by atoms with Crippen molar-refractivity contribution in [1.29, 1.82) is 0 Å². The Balaban J connectivity index is 1.57. The summed E-state index contributed by atoms with van der Waals surface area (Å²) in [5.41, 5.74) is 2.21. The van der Waals surface area contributed by atoms with E-state index in [9.17, 15) is 5.11 Å². The molecule has 0 spiro atoms. The Labute approximate surface area is 136 Å². The first-order chi connectivity index (χ1) is 11.4. The van der Waals surface area contributed by atoms with E-state index in [1.165, 1.54) is 0 Å². The summed E-state index contributed by atoms with van der Waals surface area (Å²) in [6.45, 7) is 1.37. The minimum Gasteiger partial charge on any atom is -0.394 e. The van der Waals surface area contributed by atoms with Crippen molar-refractivity contribution < 1.29 is 19.3 Å². The van der Waals surface area contributed by atoms with E-state index in [0.717, 1.165) is 11.1 Å². The third-order valence-electron chi connectivity index (χ3n) is 3.98. The summed E-state index contributed by atoms with van der Waals surface area (Å²) in [6.07, 6.45) is -0.764. The summed E-state index contributed by atoms with van der Waals surface area (Å²) in [6, 6.07) is 20.0. The van der Waals surface area contributed by atoms with Gasteiger partial charge in [-0.05, 0) is 11.1 Å². The number of hydrogen-bond acceptors (Lipinski definition) is 4. The fraction of sp³-hybridized carbons (Fsp3) is 0.368. The number of benzene rings is 2. The van der Waals surface area contributed by atoms with Crippen LogP contribution in [0.25, 0.3) is 0 Å². The second-order valence-corrected chi connectivity index (χ2v) is 5.65. The SMILES string of the molecule is OC[C@H]1OC[C@@H](OCc2ccccc2)[C@@H]1OCc1ccccc1. The van der Waals surface area contributed by atoms with Gasteiger partial charge < -0.3 is 19.3 Å². The van der Waals surface area contributed by atoms with Crippen LogP contribution in [0.2, 0.25) is 0 Å². The molecule has 122 valence electrons. The summed E-state index contributed by atoms with van der Waals surface area (Å²) in [5, 5.41) is 9.48. The van der Waals surface area contributed by atoms with Crippen molar-refractivity contribution in [3.05, 3.63) is 71.8 Å². The van der Waals surface area contributed by atoms with Gasteiger partial charge in [0.1, 0.15) is 18.3 Å². The maximum atomic E-state index is 9.48. The molecule has 4 heteroatoms. The fourth-order valence-corrected chi connectivity index (χ4v) is 2.71. The summed E-state index contributed by atoms with van der Waals surface area (Å²) in [5.74, 6) is 0. The van der Waals surface area contributed by atoms with E-state index in [1.54, 1.807) is 0 Å². The molecule has 4 nitrogen and oxygen atoms in total. The molecular formula is C19H22O4. The molecule has 0 saturated carbocycles. The van der Waals surface area contributed by atoms with Crippen molar-refractivity contribution in [3.8, 4) is 0 Å². The highest BCUT2D eigenvalue weighted by Gasteiger charge is 2.38. The highest BCUT2D eigenvalue weighted by Crippen LogP contribution is 2.23. The lowest BCUT2D eigenvalue weighted by Crippen LogP contribution is -2.36. The van der Waals surface area contributed by atoms with E-state index in [2.05, 4.69) is 0 Å². The van der Waals surface area contributed by atoms with Crippen LogP contribution >= 0.6 is 0 Å². The molecule has 1 heterocycles. The number of rotatable bonds is 7. The standard InChI is InChI=1S/C19H22O4/c20-11-17-19(23-13-16-9-5-2-6-10-16)18(14-22-17)21-12-15-7-3-1-4-8-15/h1-10,17-20H,11-14H2/t17-,18-,19-/m1/s1. The Bertz CT molecular complexity index is 572. The first kappa shape index (κ1) is 16.1. The van der Waals surface area contributed by atoms with Crippen LogP contribution in [0.15, 0.2) is 60.7 Å². The van der Waals surface area contributed by atoms with E-state index < -0.39 is 0 Å². The molecule has 0 aromatic heterocycles. The van der Waals surface area contributed by atoms with E-state index in [-0.39, 0.29) is 24.9 Å². The van der Waals surface area contributed by atoms with Gasteiger partial charge in [-0.2, -0.15) is 0 Å². The maximum Gasteiger partial charge on any atom is 0.115 e. The zero-order valence-electron chi connectivity index (χ0n) is 13.0. The predicted octanol–water partition coefficient (Wildman–Crippen LogP) is 2.55. The van der Waals surface area contributed by atoms with Gasteiger partial charge in [0, 0.05) is 0 Å². The molecule has 0 radical (unpaired) electrons. The van der Waals surface area contributed by atoms with E-state index in [4.69, 9.17) is 14.2 Å². The molecule has 1 saturated heterocycles. The zero-order chi connectivity index (χ0) is 15.9. The Morgan fingerprint density at radius 1 is 0.870 bits per heavy atom. The third kappa shape index (κ3) is 4.39. The first-order valence-electron chi connectivity index (χ1n) is 7.90. The molecule has 0 aliphatic carbocycles. The van der Waals surface area contributed by atoms with Crippen LogP contribution < -0.4 is 0 Å². The minimum atomic E-state index is -0.334. The van der Waals surface area contributed by atoms with Crippen LogP contribution in [0.4, 0.5) is 0 Å². The molecule has 2 aromatic carbocycles. The van der Waals surface area contributed by atoms with Gasteiger partial charge >= 0.3 is 0 Å². The molecule has 23 heavy (non-hydrogen) atoms. The monoisotopic (exact) mass is 314 g/mol. The minimum absolute atomic E-state index is 0.0648. The highest BCUT2D eigenvalue weighted by molar-refractivity contribution is 5.14. The summed E-state index contributed by atoms with van der Waals surface area (Å²) in [4.78, 5) is 0. The average Bonchev–Trinajstić information content (AvgIpc) is 3.02. The maximum absolute atomic E-state index is 9.48. The first-order valence-corrected chi connectivity index (χ1v) is 7.90. The lowest BCUT2D eigenvalue weighted by molar-refractivity contribution is -0.0813. The Kier molecular flexibility index (Phi) is 5.77. The van der Waals surface area contributed by atoms with Crippen molar-refractivity contribution in [2.75, 3.05) is 13.2 Å². The predicted molar refractivity (Wildman–Crippen MR) is 86.9 cm³/mol. The third-order valence-corrected chi connectivity index (χ3v) is 3.98. The zero-order valence-corrected chi connectivity index (χ0v) is 13.0. The number of aliphatic hydroxyl groups excluding tert-OH is 1. The van der Waals surface area contributed by atoms with Crippen molar-refractivity contribution >= 4 is 0 Å². The molecule has 3 atom stereocenters. The van der Waals surface area contributed by atoms with Crippen LogP contribution in [0.1, 0.15) is 11.1 Å². The Morgan fingerprint density at radius 2 is 1.43 bits per heavy atom. The van der Waals surface area contributed by atoms with E-state index in [0.29, 0.717) is 19.8 Å². The van der Waals surface area contributed by atoms with E-state index >= 15 is 0 Å². The van der Waals surface area contributed by atoms with Crippen LogP contribution in [-0.2, 0) is 27.4 Å². The van der Waals surface area contributed by atoms with Crippen LogP contribution in [0.3, 0.4) is 0 Å². The van der Waals surface area contributed by atoms with Crippen LogP contribution in [0, 0.1) is 0 Å². The molecule has 3 rings (SSSR count). The van der Waals surface area contributed by atoms with Gasteiger partial charge in [0.25, 0.3) is 0 Å². The normalized spacial score (nSPS) is 24.0. The van der Waals surface area contributed by atoms with Crippen molar-refractivity contribution in [1.82, 2.24) is 0 Å². The second kappa shape index (κ2) is 8.22. The average molecular weight is 314 g/mol. The van der Waals surface area contributed by atoms with Crippen LogP contribution in [0.5, 0.6) is 0 Å². The summed E-state index contributed by atoms with van der Waals surface area (Å²) >= 11 is 0. The second-order valence-electron chi connectivity index (χ2n) is 5.65. The number of hydrogen-bond donors (Lipinski definition) is 1. The van der Waals surface area contributed by atoms with Gasteiger partial charge in [-0.25, -0.2) is 0 Å². The molecule has 1 aliphatic heterocycles. The van der Waals surface area contributed by atoms with Crippen molar-refractivity contribution in [3.63, 3.8) is 0 Å². The Morgan fingerprint density at radius 3 is 2.00 bits per heavy atom. The molecule has 0 bridgehead atoms. The highest BCUT2D eigenvalue weighted by atomic mass is 16.6. The summed E-state index contributed by atoms with van der Waals surface area (Å²) in [7, 11) is 0.